The standard InChI is InChI=1S/C19H22N6O2/c26-17-15-6-7-23(12-14-4-2-1-3-5-14)13-16(15)25-18(20-17)21-19(22-25)24-8-10-27-11-9-24/h1-5H,6-13H2,(H,20,21,22,26). The summed E-state index contributed by atoms with van der Waals surface area (Å²) in [6.07, 6.45) is 0.722. The Morgan fingerprint density at radius 1 is 1.11 bits per heavy atom. The van der Waals surface area contributed by atoms with Gasteiger partial charge in [0.15, 0.2) is 0 Å². The minimum atomic E-state index is -0.0437. The van der Waals surface area contributed by atoms with Gasteiger partial charge < -0.3 is 9.64 Å². The molecule has 0 bridgehead atoms. The van der Waals surface area contributed by atoms with Crippen molar-refractivity contribution in [2.45, 2.75) is 19.5 Å². The maximum Gasteiger partial charge on any atom is 0.255 e. The normalized spacial score (nSPS) is 18.0. The topological polar surface area (TPSA) is 78.8 Å². The number of ether oxygens (including phenoxy) is 1. The third kappa shape index (κ3) is 3.11. The number of aromatic amines is 1. The Hall–Kier alpha value is -2.71. The zero-order valence-electron chi connectivity index (χ0n) is 15.1. The van der Waals surface area contributed by atoms with Crippen LogP contribution in [-0.4, -0.2) is 57.3 Å². The molecule has 0 aliphatic carbocycles. The highest BCUT2D eigenvalue weighted by Crippen LogP contribution is 2.20. The Morgan fingerprint density at radius 2 is 1.93 bits per heavy atom. The van der Waals surface area contributed by atoms with Crippen LogP contribution in [0, 0.1) is 0 Å². The minimum absolute atomic E-state index is 0.0437. The van der Waals surface area contributed by atoms with Crippen molar-refractivity contribution in [1.29, 1.82) is 0 Å². The fourth-order valence-electron chi connectivity index (χ4n) is 3.86. The van der Waals surface area contributed by atoms with Crippen LogP contribution in [0.1, 0.15) is 16.8 Å². The number of nitrogens with zero attached hydrogens (tertiary/aromatic N) is 5. The van der Waals surface area contributed by atoms with Crippen molar-refractivity contribution in [2.75, 3.05) is 37.7 Å². The SMILES string of the molecule is O=c1[nH]c2nc(N3CCOCC3)nn2c2c1CCN(Cc1ccccc1)C2. The summed E-state index contributed by atoms with van der Waals surface area (Å²) in [6.45, 7) is 5.30. The minimum Gasteiger partial charge on any atom is -0.378 e. The monoisotopic (exact) mass is 366 g/mol. The van der Waals surface area contributed by atoms with Gasteiger partial charge in [0.05, 0.1) is 18.9 Å². The molecule has 0 saturated carbocycles. The number of hydrogen-bond donors (Lipinski definition) is 1. The second-order valence-electron chi connectivity index (χ2n) is 7.07. The van der Waals surface area contributed by atoms with E-state index in [4.69, 9.17) is 9.84 Å². The van der Waals surface area contributed by atoms with Gasteiger partial charge in [0.25, 0.3) is 5.56 Å². The number of hydrogen-bond acceptors (Lipinski definition) is 6. The molecule has 4 heterocycles. The zero-order chi connectivity index (χ0) is 18.2. The number of anilines is 1. The summed E-state index contributed by atoms with van der Waals surface area (Å²) < 4.78 is 7.23. The molecule has 27 heavy (non-hydrogen) atoms. The van der Waals surface area contributed by atoms with Gasteiger partial charge in [0.1, 0.15) is 0 Å². The van der Waals surface area contributed by atoms with E-state index in [0.29, 0.717) is 31.5 Å². The molecule has 8 nitrogen and oxygen atoms in total. The first-order chi connectivity index (χ1) is 13.3. The Morgan fingerprint density at radius 3 is 2.74 bits per heavy atom. The highest BCUT2D eigenvalue weighted by atomic mass is 16.5. The Balaban J connectivity index is 1.49. The molecule has 2 aliphatic rings. The summed E-state index contributed by atoms with van der Waals surface area (Å²) in [6, 6.07) is 10.4. The first-order valence-corrected chi connectivity index (χ1v) is 9.38. The van der Waals surface area contributed by atoms with Crippen molar-refractivity contribution >= 4 is 11.7 Å². The van der Waals surface area contributed by atoms with E-state index in [9.17, 15) is 4.79 Å². The largest absolute Gasteiger partial charge is 0.378 e. The van der Waals surface area contributed by atoms with Crippen molar-refractivity contribution in [1.82, 2.24) is 24.5 Å². The van der Waals surface area contributed by atoms with Crippen LogP contribution in [0.4, 0.5) is 5.95 Å². The van der Waals surface area contributed by atoms with Gasteiger partial charge in [-0.05, 0) is 12.0 Å². The Kier molecular flexibility index (Phi) is 4.14. The van der Waals surface area contributed by atoms with Crippen molar-refractivity contribution in [3.63, 3.8) is 0 Å². The molecule has 0 amide bonds. The summed E-state index contributed by atoms with van der Waals surface area (Å²) in [7, 11) is 0. The predicted octanol–water partition coefficient (Wildman–Crippen LogP) is 0.813. The van der Waals surface area contributed by atoms with Gasteiger partial charge >= 0.3 is 0 Å². The van der Waals surface area contributed by atoms with Crippen LogP contribution in [0.3, 0.4) is 0 Å². The average Bonchev–Trinajstić information content (AvgIpc) is 3.14. The number of H-pyrrole nitrogens is 1. The van der Waals surface area contributed by atoms with Crippen LogP contribution >= 0.6 is 0 Å². The molecule has 2 aromatic heterocycles. The second kappa shape index (κ2) is 6.79. The van der Waals surface area contributed by atoms with Gasteiger partial charge in [-0.1, -0.05) is 30.3 Å². The van der Waals surface area contributed by atoms with Crippen LogP contribution in [0.2, 0.25) is 0 Å². The number of benzene rings is 1. The Bertz CT molecular complexity index is 1010. The molecule has 0 atom stereocenters. The van der Waals surface area contributed by atoms with Crippen molar-refractivity contribution < 1.29 is 4.74 Å². The van der Waals surface area contributed by atoms with Gasteiger partial charge in [-0.2, -0.15) is 9.50 Å². The Labute approximate surface area is 156 Å². The van der Waals surface area contributed by atoms with Crippen molar-refractivity contribution in [3.05, 3.63) is 57.5 Å². The number of aromatic nitrogens is 4. The van der Waals surface area contributed by atoms with Crippen LogP contribution in [0.25, 0.3) is 5.78 Å². The summed E-state index contributed by atoms with van der Waals surface area (Å²) in [5.41, 5.74) is 3.00. The third-order valence-corrected chi connectivity index (χ3v) is 5.29. The van der Waals surface area contributed by atoms with E-state index in [2.05, 4.69) is 44.0 Å². The zero-order valence-corrected chi connectivity index (χ0v) is 15.1. The molecule has 5 rings (SSSR count). The molecule has 1 N–H and O–H groups in total. The van der Waals surface area contributed by atoms with Gasteiger partial charge in [-0.15, -0.1) is 5.10 Å². The number of rotatable bonds is 3. The lowest BCUT2D eigenvalue weighted by atomic mass is 10.1. The van der Waals surface area contributed by atoms with E-state index in [1.165, 1.54) is 5.56 Å². The highest BCUT2D eigenvalue weighted by molar-refractivity contribution is 5.42. The molecule has 0 unspecified atom stereocenters. The van der Waals surface area contributed by atoms with E-state index >= 15 is 0 Å². The fraction of sp³-hybridized carbons (Fsp3) is 0.421. The first-order valence-electron chi connectivity index (χ1n) is 9.38. The highest BCUT2D eigenvalue weighted by Gasteiger charge is 2.25. The first kappa shape index (κ1) is 16.5. The molecule has 3 aromatic rings. The van der Waals surface area contributed by atoms with Crippen LogP contribution in [0.5, 0.6) is 0 Å². The van der Waals surface area contributed by atoms with E-state index in [0.717, 1.165) is 43.9 Å². The molecule has 2 aliphatic heterocycles. The molecule has 8 heteroatoms. The maximum absolute atomic E-state index is 12.5. The molecule has 0 radical (unpaired) electrons. The van der Waals surface area contributed by atoms with E-state index < -0.39 is 0 Å². The molecule has 140 valence electrons. The number of morpholine rings is 1. The van der Waals surface area contributed by atoms with Crippen LogP contribution < -0.4 is 10.5 Å². The predicted molar refractivity (Wildman–Crippen MR) is 101 cm³/mol. The van der Waals surface area contributed by atoms with E-state index in [-0.39, 0.29) is 5.56 Å². The third-order valence-electron chi connectivity index (χ3n) is 5.29. The van der Waals surface area contributed by atoms with E-state index in [1.807, 2.05) is 10.6 Å². The molecular weight excluding hydrogens is 344 g/mol. The lowest BCUT2D eigenvalue weighted by Gasteiger charge is -2.28. The molecule has 1 fully saturated rings. The average molecular weight is 366 g/mol. The van der Waals surface area contributed by atoms with Crippen LogP contribution in [-0.2, 0) is 24.2 Å². The number of fused-ring (bicyclic) bond motifs is 3. The molecular formula is C19H22N6O2. The number of nitrogens with one attached hydrogen (secondary N) is 1. The van der Waals surface area contributed by atoms with Gasteiger partial charge in [0.2, 0.25) is 11.7 Å². The lowest BCUT2D eigenvalue weighted by Crippen LogP contribution is -2.37. The maximum atomic E-state index is 12.5. The van der Waals surface area contributed by atoms with E-state index in [1.54, 1.807) is 0 Å². The fourth-order valence-corrected chi connectivity index (χ4v) is 3.86. The smallest absolute Gasteiger partial charge is 0.255 e. The summed E-state index contributed by atoms with van der Waals surface area (Å²) >= 11 is 0. The van der Waals surface area contributed by atoms with Gasteiger partial charge in [0, 0.05) is 38.3 Å². The summed E-state index contributed by atoms with van der Waals surface area (Å²) in [4.78, 5) is 24.5. The molecule has 1 aromatic carbocycles. The quantitative estimate of drug-likeness (QED) is 0.739. The lowest BCUT2D eigenvalue weighted by molar-refractivity contribution is 0.122. The molecule has 1 saturated heterocycles. The molecule has 0 spiro atoms. The van der Waals surface area contributed by atoms with Crippen molar-refractivity contribution in [3.8, 4) is 0 Å². The van der Waals surface area contributed by atoms with Gasteiger partial charge in [-0.3, -0.25) is 14.7 Å². The summed E-state index contributed by atoms with van der Waals surface area (Å²) in [5, 5.41) is 4.71. The van der Waals surface area contributed by atoms with Crippen LogP contribution in [0.15, 0.2) is 35.1 Å². The summed E-state index contributed by atoms with van der Waals surface area (Å²) in [5.74, 6) is 1.17. The van der Waals surface area contributed by atoms with Gasteiger partial charge in [-0.25, -0.2) is 0 Å². The van der Waals surface area contributed by atoms with Crippen molar-refractivity contribution in [2.24, 2.45) is 0 Å². The second-order valence-corrected chi connectivity index (χ2v) is 7.07.